The molecule has 1 aliphatic carbocycles. The van der Waals surface area contributed by atoms with Crippen LogP contribution in [0.3, 0.4) is 0 Å². The molecule has 1 heterocycles. The van der Waals surface area contributed by atoms with Crippen LogP contribution in [0.5, 0.6) is 0 Å². The van der Waals surface area contributed by atoms with Gasteiger partial charge in [-0.05, 0) is 86.8 Å². The Labute approximate surface area is 282 Å². The smallest absolute Gasteiger partial charge is 0.310 e. The van der Waals surface area contributed by atoms with Crippen LogP contribution in [0.2, 0.25) is 0 Å². The summed E-state index contributed by atoms with van der Waals surface area (Å²) in [5.74, 6) is -0.906. The van der Waals surface area contributed by atoms with Gasteiger partial charge in [0.05, 0.1) is 29.8 Å². The number of rotatable bonds is 4. The van der Waals surface area contributed by atoms with Gasteiger partial charge in [-0.3, -0.25) is 9.59 Å². The molecule has 1 aliphatic heterocycles. The first-order valence-electron chi connectivity index (χ1n) is 15.8. The maximum absolute atomic E-state index is 14.6. The number of benzene rings is 6. The highest BCUT2D eigenvalue weighted by molar-refractivity contribution is 6.42. The number of carbonyl (C=O) groups is 2. The van der Waals surface area contributed by atoms with Crippen molar-refractivity contribution in [2.45, 2.75) is 30.6 Å². The summed E-state index contributed by atoms with van der Waals surface area (Å²) in [6.07, 6.45) is -12.0. The van der Waals surface area contributed by atoms with Crippen molar-refractivity contribution < 1.29 is 35.9 Å². The molecule has 50 heavy (non-hydrogen) atoms. The van der Waals surface area contributed by atoms with E-state index in [1.165, 1.54) is 30.3 Å². The number of ketones is 2. The average molecular weight is 678 g/mol. The molecule has 6 aromatic carbocycles. The predicted molar refractivity (Wildman–Crippen MR) is 181 cm³/mol. The summed E-state index contributed by atoms with van der Waals surface area (Å²) in [5, 5.41) is 2.17. The molecule has 2 aliphatic rings. The highest BCUT2D eigenvalue weighted by atomic mass is 19.4. The number of hydrogen-bond donors (Lipinski definition) is 0. The Balaban J connectivity index is 1.34. The number of nitrogens with zero attached hydrogens (tertiary/aromatic N) is 1. The van der Waals surface area contributed by atoms with Crippen molar-refractivity contribution in [3.05, 3.63) is 155 Å². The Hall–Kier alpha value is -5.70. The van der Waals surface area contributed by atoms with E-state index in [-0.39, 0.29) is 44.6 Å². The molecule has 0 saturated heterocycles. The van der Waals surface area contributed by atoms with E-state index in [0.29, 0.717) is 16.6 Å². The van der Waals surface area contributed by atoms with E-state index < -0.39 is 42.2 Å². The molecule has 0 aromatic heterocycles. The third-order valence-electron chi connectivity index (χ3n) is 9.60. The predicted octanol–water partition coefficient (Wildman–Crippen LogP) is 11.4. The molecule has 0 unspecified atom stereocenters. The molecule has 0 radical (unpaired) electrons. The van der Waals surface area contributed by atoms with Crippen molar-refractivity contribution in [2.24, 2.45) is 0 Å². The summed E-state index contributed by atoms with van der Waals surface area (Å²) in [6.45, 7) is 0. The van der Waals surface area contributed by atoms with E-state index in [4.69, 9.17) is 0 Å². The third-order valence-corrected chi connectivity index (χ3v) is 9.60. The van der Waals surface area contributed by atoms with Gasteiger partial charge in [-0.15, -0.1) is 0 Å². The number of alkyl halides is 6. The zero-order chi connectivity index (χ0) is 35.0. The van der Waals surface area contributed by atoms with E-state index in [9.17, 15) is 35.9 Å². The lowest BCUT2D eigenvalue weighted by Crippen LogP contribution is -2.42. The van der Waals surface area contributed by atoms with Crippen LogP contribution in [-0.2, 0) is 5.41 Å². The molecule has 3 nitrogen and oxygen atoms in total. The molecule has 6 aromatic rings. The number of allylic oxidation sites excluding steroid dienone is 1. The van der Waals surface area contributed by atoms with Gasteiger partial charge in [-0.2, -0.15) is 26.3 Å². The average Bonchev–Trinajstić information content (AvgIpc) is 3.30. The van der Waals surface area contributed by atoms with Gasteiger partial charge in [0.1, 0.15) is 0 Å². The van der Waals surface area contributed by atoms with Gasteiger partial charge < -0.3 is 4.90 Å². The van der Waals surface area contributed by atoms with E-state index in [1.807, 2.05) is 24.3 Å². The minimum absolute atomic E-state index is 0.0692. The van der Waals surface area contributed by atoms with Crippen LogP contribution >= 0.6 is 0 Å². The van der Waals surface area contributed by atoms with Crippen LogP contribution in [0.4, 0.5) is 43.4 Å². The molecule has 0 amide bonds. The minimum atomic E-state index is -4.96. The van der Waals surface area contributed by atoms with E-state index in [1.54, 1.807) is 77.7 Å². The number of Topliss-reactive ketones (excluding diaryl/α,β-unsaturated/α-hetero) is 2. The zero-order valence-corrected chi connectivity index (χ0v) is 26.1. The quantitative estimate of drug-likeness (QED) is 0.106. The Kier molecular flexibility index (Phi) is 7.05. The topological polar surface area (TPSA) is 37.4 Å². The van der Waals surface area contributed by atoms with Gasteiger partial charge in [0, 0.05) is 22.2 Å². The summed E-state index contributed by atoms with van der Waals surface area (Å²) in [5.41, 5.74) is -0.821. The van der Waals surface area contributed by atoms with E-state index in [2.05, 4.69) is 0 Å². The first kappa shape index (κ1) is 31.6. The maximum Gasteiger partial charge on any atom is 0.390 e. The summed E-state index contributed by atoms with van der Waals surface area (Å²) in [4.78, 5) is 28.6. The van der Waals surface area contributed by atoms with E-state index >= 15 is 0 Å². The molecular formula is C41H25F6NO2. The highest BCUT2D eigenvalue weighted by Gasteiger charge is 2.55. The molecule has 0 atom stereocenters. The van der Waals surface area contributed by atoms with Crippen LogP contribution in [-0.4, -0.2) is 23.9 Å². The SMILES string of the molecule is O=C1C(=Cc2ccc3c4c(ccc3c2)N(c2ccccc2)c2ccccc2C4(CC(F)(F)F)CC(F)(F)F)C(=O)c2cc3ccccc3cc21. The fourth-order valence-corrected chi connectivity index (χ4v) is 7.73. The number of anilines is 3. The van der Waals surface area contributed by atoms with Crippen LogP contribution in [0.1, 0.15) is 50.2 Å². The Bertz CT molecular complexity index is 2340. The second kappa shape index (κ2) is 11.2. The molecular weight excluding hydrogens is 652 g/mol. The second-order valence-electron chi connectivity index (χ2n) is 12.8. The van der Waals surface area contributed by atoms with Crippen molar-refractivity contribution in [2.75, 3.05) is 4.90 Å². The number of para-hydroxylation sites is 2. The molecule has 0 bridgehead atoms. The zero-order valence-electron chi connectivity index (χ0n) is 26.1. The van der Waals surface area contributed by atoms with E-state index in [0.717, 1.165) is 10.8 Å². The molecule has 0 N–H and O–H groups in total. The summed E-state index contributed by atoms with van der Waals surface area (Å²) >= 11 is 0. The van der Waals surface area contributed by atoms with Gasteiger partial charge in [-0.1, -0.05) is 78.9 Å². The normalized spacial score (nSPS) is 15.3. The van der Waals surface area contributed by atoms with Gasteiger partial charge in [0.15, 0.2) is 11.6 Å². The molecule has 248 valence electrons. The number of hydrogen-bond acceptors (Lipinski definition) is 3. The highest BCUT2D eigenvalue weighted by Crippen LogP contribution is 2.60. The molecule has 0 saturated carbocycles. The Morgan fingerprint density at radius 2 is 1.16 bits per heavy atom. The van der Waals surface area contributed by atoms with Crippen molar-refractivity contribution in [1.29, 1.82) is 0 Å². The Morgan fingerprint density at radius 1 is 0.580 bits per heavy atom. The molecule has 8 rings (SSSR count). The van der Waals surface area contributed by atoms with Gasteiger partial charge >= 0.3 is 12.4 Å². The standard InChI is InChI=1S/C41H25F6NO2/c42-40(43,44)22-39(23-41(45,46)47)33-12-6-7-13-34(33)48(28-10-2-1-3-11-28)35-17-15-27-18-24(14-16-29(27)36(35)39)19-32-37(49)30-20-25-8-4-5-9-26(25)21-31(30)38(32)50/h1-21H,22-23H2. The minimum Gasteiger partial charge on any atom is -0.310 e. The summed E-state index contributed by atoms with van der Waals surface area (Å²) in [6, 6.07) is 33.2. The van der Waals surface area contributed by atoms with Crippen molar-refractivity contribution in [3.63, 3.8) is 0 Å². The lowest BCUT2D eigenvalue weighted by molar-refractivity contribution is -0.174. The number of carbonyl (C=O) groups excluding carboxylic acids is 2. The van der Waals surface area contributed by atoms with Crippen LogP contribution in [0.15, 0.2) is 127 Å². The van der Waals surface area contributed by atoms with Crippen LogP contribution in [0.25, 0.3) is 27.6 Å². The van der Waals surface area contributed by atoms with Crippen LogP contribution in [0, 0.1) is 0 Å². The van der Waals surface area contributed by atoms with Crippen molar-refractivity contribution in [3.8, 4) is 0 Å². The monoisotopic (exact) mass is 677 g/mol. The van der Waals surface area contributed by atoms with Crippen molar-refractivity contribution >= 4 is 56.2 Å². The molecule has 0 spiro atoms. The summed E-state index contributed by atoms with van der Waals surface area (Å²) in [7, 11) is 0. The Morgan fingerprint density at radius 3 is 1.78 bits per heavy atom. The summed E-state index contributed by atoms with van der Waals surface area (Å²) < 4.78 is 87.5. The van der Waals surface area contributed by atoms with Crippen molar-refractivity contribution in [1.82, 2.24) is 0 Å². The van der Waals surface area contributed by atoms with Gasteiger partial charge in [0.2, 0.25) is 0 Å². The first-order valence-corrected chi connectivity index (χ1v) is 15.8. The number of fused-ring (bicyclic) bond motifs is 6. The largest absolute Gasteiger partial charge is 0.390 e. The number of halogens is 6. The lowest BCUT2D eigenvalue weighted by atomic mass is 9.64. The fraction of sp³-hybridized carbons (Fsp3) is 0.122. The first-order chi connectivity index (χ1) is 23.8. The lowest BCUT2D eigenvalue weighted by Gasteiger charge is -2.46. The van der Waals surface area contributed by atoms with Crippen LogP contribution < -0.4 is 4.90 Å². The molecule has 0 fully saturated rings. The van der Waals surface area contributed by atoms with Gasteiger partial charge in [0.25, 0.3) is 0 Å². The fourth-order valence-electron chi connectivity index (χ4n) is 7.73. The molecule has 9 heteroatoms. The maximum atomic E-state index is 14.6. The third kappa shape index (κ3) is 5.16. The van der Waals surface area contributed by atoms with Gasteiger partial charge in [-0.25, -0.2) is 0 Å². The second-order valence-corrected chi connectivity index (χ2v) is 12.8.